The number of benzene rings is 2. The number of nitrogens with zero attached hydrogens (tertiary/aromatic N) is 2. The molecule has 0 unspecified atom stereocenters. The Balaban J connectivity index is 1.47. The zero-order chi connectivity index (χ0) is 22.7. The number of rotatable bonds is 7. The smallest absolute Gasteiger partial charge is 0.387 e. The molecule has 0 radical (unpaired) electrons. The van der Waals surface area contributed by atoms with Crippen LogP contribution in [-0.4, -0.2) is 27.1 Å². The van der Waals surface area contributed by atoms with E-state index in [0.717, 1.165) is 11.3 Å². The number of carbonyl (C=O) groups is 1. The van der Waals surface area contributed by atoms with Crippen molar-refractivity contribution in [3.05, 3.63) is 74.7 Å². The van der Waals surface area contributed by atoms with Crippen molar-refractivity contribution >= 4 is 33.3 Å². The number of carbonyl (C=O) groups excluding carboxylic acids is 1. The quantitative estimate of drug-likeness (QED) is 0.441. The molecule has 0 saturated heterocycles. The molecule has 164 valence electrons. The van der Waals surface area contributed by atoms with Crippen molar-refractivity contribution in [2.75, 3.05) is 5.32 Å². The van der Waals surface area contributed by atoms with E-state index in [1.54, 1.807) is 47.8 Å². The van der Waals surface area contributed by atoms with E-state index in [-0.39, 0.29) is 23.8 Å². The number of aromatic nitrogens is 3. The number of thiazole rings is 1. The summed E-state index contributed by atoms with van der Waals surface area (Å²) in [6.07, 6.45) is -0.0457. The number of ether oxygens (including phenoxy) is 1. The molecule has 4 rings (SSSR count). The Bertz CT molecular complexity index is 1400. The third kappa shape index (κ3) is 4.57. The van der Waals surface area contributed by atoms with Crippen LogP contribution in [0.4, 0.5) is 13.9 Å². The minimum atomic E-state index is -2.97. The Kier molecular flexibility index (Phi) is 6.08. The first-order chi connectivity index (χ1) is 15.4. The number of halogens is 2. The maximum absolute atomic E-state index is 12.6. The molecule has 1 amide bonds. The molecular formula is C21H16F2N4O4S. The topological polar surface area (TPSA) is 106 Å². The van der Waals surface area contributed by atoms with Gasteiger partial charge in [-0.25, -0.2) is 9.78 Å². The predicted octanol–water partition coefficient (Wildman–Crippen LogP) is 3.44. The van der Waals surface area contributed by atoms with Gasteiger partial charge in [-0.15, -0.1) is 11.3 Å². The number of H-pyrrole nitrogens is 1. The van der Waals surface area contributed by atoms with Gasteiger partial charge in [-0.05, 0) is 24.3 Å². The van der Waals surface area contributed by atoms with E-state index < -0.39 is 23.8 Å². The second kappa shape index (κ2) is 9.10. The zero-order valence-electron chi connectivity index (χ0n) is 16.4. The van der Waals surface area contributed by atoms with Crippen LogP contribution in [0.15, 0.2) is 63.5 Å². The van der Waals surface area contributed by atoms with Gasteiger partial charge in [0.2, 0.25) is 5.91 Å². The molecule has 0 aliphatic heterocycles. The molecule has 0 aliphatic rings. The highest BCUT2D eigenvalue weighted by Crippen LogP contribution is 2.33. The zero-order valence-corrected chi connectivity index (χ0v) is 17.2. The Morgan fingerprint density at radius 3 is 2.72 bits per heavy atom. The van der Waals surface area contributed by atoms with Gasteiger partial charge in [0.1, 0.15) is 5.75 Å². The van der Waals surface area contributed by atoms with E-state index in [9.17, 15) is 23.2 Å². The van der Waals surface area contributed by atoms with E-state index >= 15 is 0 Å². The van der Waals surface area contributed by atoms with Crippen LogP contribution in [-0.2, 0) is 11.3 Å². The number of fused-ring (bicyclic) bond motifs is 1. The SMILES string of the molecule is O=C(CCn1c(=O)[nH]c(=O)c2ccccc21)Nc1nc(-c2ccccc2OC(F)F)cs1. The van der Waals surface area contributed by atoms with Crippen LogP contribution >= 0.6 is 11.3 Å². The number of para-hydroxylation sites is 2. The number of nitrogens with one attached hydrogen (secondary N) is 2. The second-order valence-corrected chi connectivity index (χ2v) is 7.50. The van der Waals surface area contributed by atoms with Crippen LogP contribution in [0.2, 0.25) is 0 Å². The summed E-state index contributed by atoms with van der Waals surface area (Å²) in [5, 5.41) is 4.87. The lowest BCUT2D eigenvalue weighted by Crippen LogP contribution is -2.31. The van der Waals surface area contributed by atoms with Gasteiger partial charge in [0, 0.05) is 23.9 Å². The Hall–Kier alpha value is -3.86. The van der Waals surface area contributed by atoms with Gasteiger partial charge in [-0.2, -0.15) is 8.78 Å². The van der Waals surface area contributed by atoms with Crippen LogP contribution in [0.25, 0.3) is 22.2 Å². The lowest BCUT2D eigenvalue weighted by Gasteiger charge is -2.09. The molecule has 0 aliphatic carbocycles. The fourth-order valence-corrected chi connectivity index (χ4v) is 3.92. The van der Waals surface area contributed by atoms with Crippen molar-refractivity contribution < 1.29 is 18.3 Å². The molecule has 4 aromatic rings. The van der Waals surface area contributed by atoms with Crippen molar-refractivity contribution in [3.8, 4) is 17.0 Å². The maximum Gasteiger partial charge on any atom is 0.387 e. The Labute approximate surface area is 183 Å². The lowest BCUT2D eigenvalue weighted by atomic mass is 10.1. The molecule has 11 heteroatoms. The molecule has 0 fully saturated rings. The Morgan fingerprint density at radius 2 is 1.91 bits per heavy atom. The number of hydrogen-bond donors (Lipinski definition) is 2. The number of amides is 1. The first kappa shape index (κ1) is 21.4. The highest BCUT2D eigenvalue weighted by molar-refractivity contribution is 7.14. The third-order valence-electron chi connectivity index (χ3n) is 4.60. The first-order valence-corrected chi connectivity index (χ1v) is 10.3. The lowest BCUT2D eigenvalue weighted by molar-refractivity contribution is -0.116. The molecule has 8 nitrogen and oxygen atoms in total. The van der Waals surface area contributed by atoms with Gasteiger partial charge < -0.3 is 10.1 Å². The molecule has 0 atom stereocenters. The van der Waals surface area contributed by atoms with Crippen LogP contribution < -0.4 is 21.3 Å². The molecule has 2 heterocycles. The molecule has 2 aromatic heterocycles. The fraction of sp³-hybridized carbons (Fsp3) is 0.143. The molecule has 0 saturated carbocycles. The van der Waals surface area contributed by atoms with Crippen molar-refractivity contribution in [2.24, 2.45) is 0 Å². The van der Waals surface area contributed by atoms with Crippen molar-refractivity contribution in [3.63, 3.8) is 0 Å². The summed E-state index contributed by atoms with van der Waals surface area (Å²) in [6, 6.07) is 12.8. The number of hydrogen-bond acceptors (Lipinski definition) is 6. The average Bonchev–Trinajstić information content (AvgIpc) is 3.21. The summed E-state index contributed by atoms with van der Waals surface area (Å²) in [4.78, 5) is 43.0. The molecule has 0 bridgehead atoms. The highest BCUT2D eigenvalue weighted by atomic mass is 32.1. The number of aromatic amines is 1. The average molecular weight is 458 g/mol. The standard InChI is InChI=1S/C21H16F2N4O4S/c22-19(23)31-16-8-4-2-5-12(16)14-11-32-20(24-14)25-17(28)9-10-27-15-7-3-1-6-13(15)18(29)26-21(27)30/h1-8,11,19H,9-10H2,(H,24,25,28)(H,26,29,30). The fourth-order valence-electron chi connectivity index (χ4n) is 3.19. The van der Waals surface area contributed by atoms with E-state index in [1.165, 1.54) is 10.6 Å². The minimum Gasteiger partial charge on any atom is -0.434 e. The van der Waals surface area contributed by atoms with Crippen molar-refractivity contribution in [1.29, 1.82) is 0 Å². The first-order valence-electron chi connectivity index (χ1n) is 9.44. The third-order valence-corrected chi connectivity index (χ3v) is 5.35. The minimum absolute atomic E-state index is 0.0185. The molecule has 32 heavy (non-hydrogen) atoms. The van der Waals surface area contributed by atoms with Crippen LogP contribution in [0.5, 0.6) is 5.75 Å². The largest absolute Gasteiger partial charge is 0.434 e. The summed E-state index contributed by atoms with van der Waals surface area (Å²) in [5.41, 5.74) is 0.0906. The van der Waals surface area contributed by atoms with E-state index in [1.807, 2.05) is 0 Å². The normalized spacial score (nSPS) is 11.1. The van der Waals surface area contributed by atoms with Gasteiger partial charge in [-0.3, -0.25) is 19.1 Å². The summed E-state index contributed by atoms with van der Waals surface area (Å²) in [7, 11) is 0. The van der Waals surface area contributed by atoms with Gasteiger partial charge in [0.25, 0.3) is 5.56 Å². The summed E-state index contributed by atoms with van der Waals surface area (Å²) >= 11 is 1.13. The summed E-state index contributed by atoms with van der Waals surface area (Å²) in [6.45, 7) is -2.92. The molecular weight excluding hydrogens is 442 g/mol. The van der Waals surface area contributed by atoms with Crippen molar-refractivity contribution in [1.82, 2.24) is 14.5 Å². The highest BCUT2D eigenvalue weighted by Gasteiger charge is 2.15. The van der Waals surface area contributed by atoms with Gasteiger partial charge >= 0.3 is 12.3 Å². The van der Waals surface area contributed by atoms with E-state index in [0.29, 0.717) is 22.2 Å². The van der Waals surface area contributed by atoms with Crippen molar-refractivity contribution in [2.45, 2.75) is 19.6 Å². The Morgan fingerprint density at radius 1 is 1.16 bits per heavy atom. The van der Waals surface area contributed by atoms with Crippen LogP contribution in [0.1, 0.15) is 6.42 Å². The number of anilines is 1. The van der Waals surface area contributed by atoms with E-state index in [2.05, 4.69) is 20.0 Å². The van der Waals surface area contributed by atoms with Gasteiger partial charge in [0.05, 0.1) is 16.6 Å². The second-order valence-electron chi connectivity index (χ2n) is 6.64. The summed E-state index contributed by atoms with van der Waals surface area (Å²) < 4.78 is 31.1. The molecule has 0 spiro atoms. The van der Waals surface area contributed by atoms with Crippen LogP contribution in [0.3, 0.4) is 0 Å². The molecule has 2 aromatic carbocycles. The number of aryl methyl sites for hydroxylation is 1. The number of alkyl halides is 2. The summed E-state index contributed by atoms with van der Waals surface area (Å²) in [5.74, 6) is -0.416. The van der Waals surface area contributed by atoms with Crippen LogP contribution in [0, 0.1) is 0 Å². The molecule has 2 N–H and O–H groups in total. The monoisotopic (exact) mass is 458 g/mol. The van der Waals surface area contributed by atoms with Gasteiger partial charge in [-0.1, -0.05) is 24.3 Å². The predicted molar refractivity (Wildman–Crippen MR) is 116 cm³/mol. The van der Waals surface area contributed by atoms with Gasteiger partial charge in [0.15, 0.2) is 5.13 Å². The van der Waals surface area contributed by atoms with E-state index in [4.69, 9.17) is 0 Å². The maximum atomic E-state index is 12.6.